The first-order valence-electron chi connectivity index (χ1n) is 6.87. The van der Waals surface area contributed by atoms with E-state index in [2.05, 4.69) is 50.1 Å². The molecule has 2 nitrogen and oxygen atoms in total. The summed E-state index contributed by atoms with van der Waals surface area (Å²) in [6, 6.07) is 8.15. The summed E-state index contributed by atoms with van der Waals surface area (Å²) < 4.78 is 0. The number of aromatic nitrogens is 1. The van der Waals surface area contributed by atoms with Gasteiger partial charge in [0.1, 0.15) is 0 Å². The predicted octanol–water partition coefficient (Wildman–Crippen LogP) is 4.59. The van der Waals surface area contributed by atoms with Crippen molar-refractivity contribution in [3.8, 4) is 0 Å². The maximum atomic E-state index is 6.40. The zero-order chi connectivity index (χ0) is 14.0. The van der Waals surface area contributed by atoms with E-state index in [1.807, 2.05) is 12.1 Å². The number of benzene rings is 1. The van der Waals surface area contributed by atoms with Gasteiger partial charge in [0, 0.05) is 29.7 Å². The lowest BCUT2D eigenvalue weighted by atomic mass is 9.81. The molecule has 0 fully saturated rings. The van der Waals surface area contributed by atoms with Crippen LogP contribution in [0.4, 0.5) is 0 Å². The molecule has 0 spiro atoms. The number of halogens is 1. The van der Waals surface area contributed by atoms with Crippen LogP contribution >= 0.6 is 11.6 Å². The van der Waals surface area contributed by atoms with Gasteiger partial charge in [0.2, 0.25) is 0 Å². The van der Waals surface area contributed by atoms with Gasteiger partial charge in [-0.05, 0) is 17.4 Å². The van der Waals surface area contributed by atoms with E-state index in [4.69, 9.17) is 11.6 Å². The average molecular weight is 279 g/mol. The van der Waals surface area contributed by atoms with E-state index >= 15 is 0 Å². The van der Waals surface area contributed by atoms with Gasteiger partial charge in [-0.2, -0.15) is 0 Å². The summed E-state index contributed by atoms with van der Waals surface area (Å²) in [5.74, 6) is 0.651. The summed E-state index contributed by atoms with van der Waals surface area (Å²) in [6.45, 7) is 10.9. The molecule has 0 radical (unpaired) electrons. The molecule has 3 heteroatoms. The van der Waals surface area contributed by atoms with Gasteiger partial charge in [0.25, 0.3) is 0 Å². The fourth-order valence-corrected chi connectivity index (χ4v) is 2.28. The zero-order valence-corrected chi connectivity index (χ0v) is 12.9. The number of nitrogens with one attached hydrogen (secondary N) is 2. The quantitative estimate of drug-likeness (QED) is 0.822. The molecule has 0 unspecified atom stereocenters. The molecule has 1 heterocycles. The minimum absolute atomic E-state index is 0.290. The third kappa shape index (κ3) is 3.13. The zero-order valence-electron chi connectivity index (χ0n) is 12.2. The van der Waals surface area contributed by atoms with Gasteiger partial charge < -0.3 is 10.3 Å². The van der Waals surface area contributed by atoms with Crippen molar-refractivity contribution in [2.45, 2.75) is 34.2 Å². The Kier molecular flexibility index (Phi) is 4.22. The smallest absolute Gasteiger partial charge is 0.0705 e. The molecule has 1 aromatic carbocycles. The first kappa shape index (κ1) is 14.4. The van der Waals surface area contributed by atoms with E-state index < -0.39 is 0 Å². The summed E-state index contributed by atoms with van der Waals surface area (Å²) in [5.41, 5.74) is 2.47. The fraction of sp³-hybridized carbons (Fsp3) is 0.500. The molecule has 19 heavy (non-hydrogen) atoms. The number of fused-ring (bicyclic) bond motifs is 1. The summed E-state index contributed by atoms with van der Waals surface area (Å²) in [6.07, 6.45) is 0. The average Bonchev–Trinajstić information content (AvgIpc) is 2.67. The van der Waals surface area contributed by atoms with Crippen molar-refractivity contribution in [3.05, 3.63) is 35.0 Å². The lowest BCUT2D eigenvalue weighted by Gasteiger charge is -2.29. The Balaban J connectivity index is 2.04. The number of hydrogen-bond acceptors (Lipinski definition) is 1. The SMILES string of the molecule is CC(C)C(C)(C)CNCc1[nH]c2ccccc2c1Cl. The van der Waals surface area contributed by atoms with Crippen LogP contribution in [0, 0.1) is 11.3 Å². The second-order valence-corrected chi connectivity index (χ2v) is 6.59. The summed E-state index contributed by atoms with van der Waals surface area (Å²) in [4.78, 5) is 3.38. The normalized spacial score (nSPS) is 12.5. The Hall–Kier alpha value is -0.990. The van der Waals surface area contributed by atoms with Crippen molar-refractivity contribution >= 4 is 22.5 Å². The van der Waals surface area contributed by atoms with Gasteiger partial charge in [-0.25, -0.2) is 0 Å². The lowest BCUT2D eigenvalue weighted by Crippen LogP contribution is -2.33. The van der Waals surface area contributed by atoms with Crippen molar-refractivity contribution in [1.29, 1.82) is 0 Å². The Morgan fingerprint density at radius 3 is 2.58 bits per heavy atom. The fourth-order valence-electron chi connectivity index (χ4n) is 2.00. The Bertz CT molecular complexity index is 555. The monoisotopic (exact) mass is 278 g/mol. The van der Waals surface area contributed by atoms with Gasteiger partial charge >= 0.3 is 0 Å². The van der Waals surface area contributed by atoms with Crippen molar-refractivity contribution < 1.29 is 0 Å². The van der Waals surface area contributed by atoms with Crippen molar-refractivity contribution in [1.82, 2.24) is 10.3 Å². The van der Waals surface area contributed by atoms with Crippen molar-refractivity contribution in [3.63, 3.8) is 0 Å². The van der Waals surface area contributed by atoms with Crippen LogP contribution in [-0.4, -0.2) is 11.5 Å². The van der Waals surface area contributed by atoms with Crippen LogP contribution in [0.15, 0.2) is 24.3 Å². The maximum Gasteiger partial charge on any atom is 0.0705 e. The summed E-state index contributed by atoms with van der Waals surface area (Å²) in [7, 11) is 0. The highest BCUT2D eigenvalue weighted by atomic mass is 35.5. The van der Waals surface area contributed by atoms with Crippen LogP contribution < -0.4 is 5.32 Å². The van der Waals surface area contributed by atoms with E-state index in [1.54, 1.807) is 0 Å². The highest BCUT2D eigenvalue weighted by molar-refractivity contribution is 6.36. The first-order valence-corrected chi connectivity index (χ1v) is 7.25. The van der Waals surface area contributed by atoms with Crippen LogP contribution in [0.1, 0.15) is 33.4 Å². The van der Waals surface area contributed by atoms with E-state index in [-0.39, 0.29) is 0 Å². The van der Waals surface area contributed by atoms with Crippen LogP contribution in [0.5, 0.6) is 0 Å². The molecule has 0 aliphatic rings. The van der Waals surface area contributed by atoms with Gasteiger partial charge in [0.15, 0.2) is 0 Å². The Labute approximate surface area is 120 Å². The third-order valence-electron chi connectivity index (χ3n) is 4.16. The molecule has 0 aliphatic carbocycles. The topological polar surface area (TPSA) is 27.8 Å². The van der Waals surface area contributed by atoms with E-state index in [1.165, 1.54) is 0 Å². The molecule has 1 aromatic heterocycles. The number of para-hydroxylation sites is 1. The summed E-state index contributed by atoms with van der Waals surface area (Å²) in [5, 5.41) is 5.45. The second kappa shape index (κ2) is 5.56. The summed E-state index contributed by atoms with van der Waals surface area (Å²) >= 11 is 6.40. The largest absolute Gasteiger partial charge is 0.356 e. The molecule has 2 N–H and O–H groups in total. The predicted molar refractivity (Wildman–Crippen MR) is 83.6 cm³/mol. The van der Waals surface area contributed by atoms with Gasteiger partial charge in [-0.3, -0.25) is 0 Å². The molecule has 0 amide bonds. The molecule has 0 bridgehead atoms. The van der Waals surface area contributed by atoms with Crippen LogP contribution in [0.25, 0.3) is 10.9 Å². The van der Waals surface area contributed by atoms with Gasteiger partial charge in [-0.1, -0.05) is 57.5 Å². The molecule has 2 rings (SSSR count). The minimum Gasteiger partial charge on any atom is -0.356 e. The van der Waals surface area contributed by atoms with E-state index in [0.717, 1.165) is 34.7 Å². The molecule has 0 atom stereocenters. The van der Waals surface area contributed by atoms with E-state index in [9.17, 15) is 0 Å². The van der Waals surface area contributed by atoms with E-state index in [0.29, 0.717) is 11.3 Å². The highest BCUT2D eigenvalue weighted by Crippen LogP contribution is 2.28. The van der Waals surface area contributed by atoms with Gasteiger partial charge in [-0.15, -0.1) is 0 Å². The molecule has 104 valence electrons. The van der Waals surface area contributed by atoms with Crippen molar-refractivity contribution in [2.24, 2.45) is 11.3 Å². The molecule has 0 saturated heterocycles. The molecular weight excluding hydrogens is 256 g/mol. The minimum atomic E-state index is 0.290. The standard InChI is InChI=1S/C16H23ClN2/c1-11(2)16(3,4)10-18-9-14-15(17)12-7-5-6-8-13(12)19-14/h5-8,11,18-19H,9-10H2,1-4H3. The van der Waals surface area contributed by atoms with Crippen molar-refractivity contribution in [2.75, 3.05) is 6.54 Å². The lowest BCUT2D eigenvalue weighted by molar-refractivity contribution is 0.237. The second-order valence-electron chi connectivity index (χ2n) is 6.21. The first-order chi connectivity index (χ1) is 8.92. The molecule has 0 aliphatic heterocycles. The third-order valence-corrected chi connectivity index (χ3v) is 4.59. The molecule has 2 aromatic rings. The highest BCUT2D eigenvalue weighted by Gasteiger charge is 2.21. The number of rotatable bonds is 5. The van der Waals surface area contributed by atoms with Crippen LogP contribution in [0.3, 0.4) is 0 Å². The number of H-pyrrole nitrogens is 1. The molecular formula is C16H23ClN2. The molecule has 0 saturated carbocycles. The van der Waals surface area contributed by atoms with Gasteiger partial charge in [0.05, 0.1) is 5.02 Å². The number of aromatic amines is 1. The number of hydrogen-bond donors (Lipinski definition) is 2. The Morgan fingerprint density at radius 1 is 1.26 bits per heavy atom. The van der Waals surface area contributed by atoms with Crippen LogP contribution in [-0.2, 0) is 6.54 Å². The maximum absolute atomic E-state index is 6.40. The Morgan fingerprint density at radius 2 is 1.95 bits per heavy atom. The van der Waals surface area contributed by atoms with Crippen LogP contribution in [0.2, 0.25) is 5.02 Å².